The third kappa shape index (κ3) is 2.93. The minimum atomic E-state index is -1.29. The molecule has 6 heteroatoms. The van der Waals surface area contributed by atoms with Crippen molar-refractivity contribution in [2.75, 3.05) is 6.54 Å². The van der Waals surface area contributed by atoms with Crippen molar-refractivity contribution in [2.45, 2.75) is 18.4 Å². The van der Waals surface area contributed by atoms with E-state index in [1.54, 1.807) is 18.3 Å². The maximum absolute atomic E-state index is 13.2. The number of H-pyrrole nitrogens is 1. The summed E-state index contributed by atoms with van der Waals surface area (Å²) in [5.41, 5.74) is 2.59. The van der Waals surface area contributed by atoms with Crippen molar-refractivity contribution < 1.29 is 8.60 Å². The molecule has 1 atom stereocenters. The lowest BCUT2D eigenvalue weighted by Gasteiger charge is -2.04. The minimum Gasteiger partial charge on any atom is -0.360 e. The minimum absolute atomic E-state index is 0.272. The van der Waals surface area contributed by atoms with E-state index in [0.717, 1.165) is 28.5 Å². The van der Waals surface area contributed by atoms with Crippen molar-refractivity contribution in [3.05, 3.63) is 48.5 Å². The number of nitrogens with one attached hydrogen (secondary N) is 2. The molecule has 3 rings (SSSR count). The van der Waals surface area contributed by atoms with Gasteiger partial charge in [0.2, 0.25) is 0 Å². The van der Waals surface area contributed by atoms with Crippen LogP contribution in [0, 0.1) is 5.82 Å². The molecule has 0 aliphatic heterocycles. The van der Waals surface area contributed by atoms with Gasteiger partial charge in [-0.2, -0.15) is 0 Å². The van der Waals surface area contributed by atoms with Crippen molar-refractivity contribution in [2.24, 2.45) is 0 Å². The number of pyridine rings is 1. The molecule has 2 N–H and O–H groups in total. The summed E-state index contributed by atoms with van der Waals surface area (Å²) in [6, 6.07) is 8.26. The maximum Gasteiger partial charge on any atom is 0.143 e. The number of aromatic nitrogens is 2. The second kappa shape index (κ2) is 6.37. The third-order valence-electron chi connectivity index (χ3n) is 3.36. The van der Waals surface area contributed by atoms with E-state index in [9.17, 15) is 8.60 Å². The Hall–Kier alpha value is -2.05. The average Bonchev–Trinajstić information content (AvgIpc) is 2.95. The molecule has 0 amide bonds. The number of aromatic amines is 1. The first-order valence-corrected chi connectivity index (χ1v) is 8.22. The van der Waals surface area contributed by atoms with Gasteiger partial charge in [-0.15, -0.1) is 0 Å². The van der Waals surface area contributed by atoms with E-state index in [2.05, 4.69) is 14.7 Å². The summed E-state index contributed by atoms with van der Waals surface area (Å²) in [6.07, 6.45) is 4.43. The zero-order valence-corrected chi connectivity index (χ0v) is 12.9. The average molecular weight is 317 g/mol. The first kappa shape index (κ1) is 14.9. The van der Waals surface area contributed by atoms with Gasteiger partial charge in [0.1, 0.15) is 21.8 Å². The Balaban J connectivity index is 1.90. The highest BCUT2D eigenvalue weighted by atomic mass is 32.2. The Morgan fingerprint density at radius 2 is 2.18 bits per heavy atom. The Morgan fingerprint density at radius 1 is 1.32 bits per heavy atom. The van der Waals surface area contributed by atoms with Crippen LogP contribution in [0.4, 0.5) is 4.39 Å². The quantitative estimate of drug-likeness (QED) is 0.758. The number of halogens is 1. The van der Waals surface area contributed by atoms with Crippen molar-refractivity contribution >= 4 is 21.9 Å². The molecule has 0 radical (unpaired) electrons. The van der Waals surface area contributed by atoms with E-state index in [0.29, 0.717) is 11.6 Å². The second-order valence-electron chi connectivity index (χ2n) is 4.94. The van der Waals surface area contributed by atoms with Crippen LogP contribution >= 0.6 is 0 Å². The summed E-state index contributed by atoms with van der Waals surface area (Å²) < 4.78 is 28.1. The summed E-state index contributed by atoms with van der Waals surface area (Å²) in [7, 11) is -1.29. The zero-order valence-electron chi connectivity index (χ0n) is 12.1. The molecule has 0 bridgehead atoms. The monoisotopic (exact) mass is 317 g/mol. The van der Waals surface area contributed by atoms with Crippen LogP contribution < -0.4 is 4.72 Å². The molecule has 22 heavy (non-hydrogen) atoms. The molecular weight excluding hydrogens is 301 g/mol. The van der Waals surface area contributed by atoms with Crippen molar-refractivity contribution in [3.8, 4) is 11.1 Å². The summed E-state index contributed by atoms with van der Waals surface area (Å²) in [4.78, 5) is 7.31. The van der Waals surface area contributed by atoms with Gasteiger partial charge in [0.05, 0.1) is 0 Å². The van der Waals surface area contributed by atoms with Crippen LogP contribution in [0.1, 0.15) is 13.3 Å². The zero-order chi connectivity index (χ0) is 15.5. The van der Waals surface area contributed by atoms with Crippen molar-refractivity contribution in [1.82, 2.24) is 14.7 Å². The van der Waals surface area contributed by atoms with Crippen LogP contribution in [-0.4, -0.2) is 20.7 Å². The lowest BCUT2D eigenvalue weighted by molar-refractivity contribution is 0.629. The van der Waals surface area contributed by atoms with E-state index < -0.39 is 11.0 Å². The highest BCUT2D eigenvalue weighted by Gasteiger charge is 2.09. The smallest absolute Gasteiger partial charge is 0.143 e. The molecule has 114 valence electrons. The molecule has 1 aromatic carbocycles. The molecule has 3 aromatic rings. The molecule has 0 aliphatic rings. The number of hydrogen-bond donors (Lipinski definition) is 2. The molecular formula is C16H16FN3OS. The molecule has 0 spiro atoms. The van der Waals surface area contributed by atoms with Crippen LogP contribution in [0.3, 0.4) is 0 Å². The van der Waals surface area contributed by atoms with Crippen LogP contribution in [0.25, 0.3) is 22.0 Å². The molecule has 0 saturated carbocycles. The van der Waals surface area contributed by atoms with Crippen LogP contribution in [0.2, 0.25) is 0 Å². The highest BCUT2D eigenvalue weighted by molar-refractivity contribution is 7.83. The number of benzene rings is 1. The van der Waals surface area contributed by atoms with E-state index >= 15 is 0 Å². The summed E-state index contributed by atoms with van der Waals surface area (Å²) in [5, 5.41) is 1.43. The first-order valence-electron chi connectivity index (χ1n) is 7.07. The van der Waals surface area contributed by atoms with Gasteiger partial charge < -0.3 is 4.98 Å². The summed E-state index contributed by atoms with van der Waals surface area (Å²) in [6.45, 7) is 2.70. The third-order valence-corrected chi connectivity index (χ3v) is 4.45. The number of fused-ring (bicyclic) bond motifs is 1. The lowest BCUT2D eigenvalue weighted by Crippen LogP contribution is -2.18. The van der Waals surface area contributed by atoms with Crippen LogP contribution in [-0.2, 0) is 11.0 Å². The van der Waals surface area contributed by atoms with Gasteiger partial charge in [0.15, 0.2) is 0 Å². The predicted octanol–water partition coefficient (Wildman–Crippen LogP) is 3.39. The van der Waals surface area contributed by atoms with Crippen molar-refractivity contribution in [3.63, 3.8) is 0 Å². The number of hydrogen-bond acceptors (Lipinski definition) is 2. The van der Waals surface area contributed by atoms with Crippen LogP contribution in [0.5, 0.6) is 0 Å². The van der Waals surface area contributed by atoms with Crippen molar-refractivity contribution in [1.29, 1.82) is 0 Å². The van der Waals surface area contributed by atoms with E-state index in [4.69, 9.17) is 0 Å². The molecule has 1 unspecified atom stereocenters. The molecule has 4 nitrogen and oxygen atoms in total. The SMILES string of the molecule is CCCNS(=O)c1ccc(-c2c[nH]c3cc(F)ccc23)cn1. The van der Waals surface area contributed by atoms with E-state index in [1.165, 1.54) is 12.1 Å². The molecule has 2 heterocycles. The fourth-order valence-electron chi connectivity index (χ4n) is 2.26. The first-order chi connectivity index (χ1) is 10.7. The normalized spacial score (nSPS) is 12.6. The maximum atomic E-state index is 13.2. The molecule has 0 fully saturated rings. The fraction of sp³-hybridized carbons (Fsp3) is 0.188. The van der Waals surface area contributed by atoms with Gasteiger partial charge >= 0.3 is 0 Å². The van der Waals surface area contributed by atoms with Gasteiger partial charge in [0, 0.05) is 41.0 Å². The van der Waals surface area contributed by atoms with Gasteiger partial charge in [-0.25, -0.2) is 18.3 Å². The summed E-state index contributed by atoms with van der Waals surface area (Å²) >= 11 is 0. The fourth-order valence-corrected chi connectivity index (χ4v) is 3.13. The Kier molecular flexibility index (Phi) is 4.31. The highest BCUT2D eigenvalue weighted by Crippen LogP contribution is 2.28. The Bertz CT molecular complexity index is 814. The van der Waals surface area contributed by atoms with Gasteiger partial charge in [-0.05, 0) is 36.8 Å². The topological polar surface area (TPSA) is 57.8 Å². The van der Waals surface area contributed by atoms with Gasteiger partial charge in [-0.1, -0.05) is 6.92 Å². The largest absolute Gasteiger partial charge is 0.360 e. The predicted molar refractivity (Wildman–Crippen MR) is 86.2 cm³/mol. The Morgan fingerprint density at radius 3 is 2.91 bits per heavy atom. The number of rotatable bonds is 5. The van der Waals surface area contributed by atoms with Gasteiger partial charge in [-0.3, -0.25) is 0 Å². The Labute approximate surface area is 130 Å². The lowest BCUT2D eigenvalue weighted by atomic mass is 10.1. The van der Waals surface area contributed by atoms with Gasteiger partial charge in [0.25, 0.3) is 0 Å². The van der Waals surface area contributed by atoms with E-state index in [-0.39, 0.29) is 5.82 Å². The standard InChI is InChI=1S/C16H16FN3OS/c1-2-7-20-22(21)16-6-3-11(9-19-16)14-10-18-15-8-12(17)4-5-13(14)15/h3-6,8-10,18,20H,2,7H2,1H3. The molecule has 0 aliphatic carbocycles. The molecule has 2 aromatic heterocycles. The van der Waals surface area contributed by atoms with E-state index in [1.807, 2.05) is 19.2 Å². The van der Waals surface area contributed by atoms with Crippen LogP contribution in [0.15, 0.2) is 47.8 Å². The second-order valence-corrected chi connectivity index (χ2v) is 6.18. The number of nitrogens with zero attached hydrogens (tertiary/aromatic N) is 1. The molecule has 0 saturated heterocycles. The summed E-state index contributed by atoms with van der Waals surface area (Å²) in [5.74, 6) is -0.272.